The number of nitrogens with zero attached hydrogens (tertiary/aromatic N) is 2. The molecule has 2 aliphatic rings. The lowest BCUT2D eigenvalue weighted by Crippen LogP contribution is -2.41. The molecule has 1 aliphatic carbocycles. The Morgan fingerprint density at radius 1 is 1.12 bits per heavy atom. The molecule has 1 aliphatic heterocycles. The first-order valence-electron chi connectivity index (χ1n) is 8.97. The molecule has 0 bridgehead atoms. The lowest BCUT2D eigenvalue weighted by molar-refractivity contribution is -0.138. The zero-order valence-electron chi connectivity index (χ0n) is 14.7. The molecule has 0 spiro atoms. The van der Waals surface area contributed by atoms with Crippen LogP contribution in [0.1, 0.15) is 31.2 Å². The summed E-state index contributed by atoms with van der Waals surface area (Å²) in [6.07, 6.45) is 4.03. The molecule has 136 valence electrons. The van der Waals surface area contributed by atoms with Gasteiger partial charge in [0, 0.05) is 37.7 Å². The molecular formula is C19H25FN2O3. The van der Waals surface area contributed by atoms with Gasteiger partial charge in [-0.05, 0) is 37.5 Å². The van der Waals surface area contributed by atoms with Crippen molar-refractivity contribution >= 4 is 11.8 Å². The maximum atomic E-state index is 13.5. The van der Waals surface area contributed by atoms with E-state index < -0.39 is 0 Å². The van der Waals surface area contributed by atoms with E-state index in [9.17, 15) is 14.0 Å². The van der Waals surface area contributed by atoms with Gasteiger partial charge in [-0.3, -0.25) is 9.59 Å². The normalized spacial score (nSPS) is 18.5. The standard InChI is InChI=1S/C19H25FN2O3/c1-25-17-7-6-16(20)12-15(17)13-18(23)21-8-3-9-22(11-10-21)19(24)14-4-2-5-14/h6-7,12,14H,2-5,8-11,13H2,1H3. The van der Waals surface area contributed by atoms with Crippen LogP contribution in [0.25, 0.3) is 0 Å². The van der Waals surface area contributed by atoms with E-state index in [0.29, 0.717) is 37.5 Å². The topological polar surface area (TPSA) is 49.9 Å². The van der Waals surface area contributed by atoms with Crippen LogP contribution in [0.5, 0.6) is 5.75 Å². The number of benzene rings is 1. The molecule has 2 fully saturated rings. The maximum absolute atomic E-state index is 13.5. The molecule has 0 atom stereocenters. The summed E-state index contributed by atoms with van der Waals surface area (Å²) in [6, 6.07) is 4.21. The highest BCUT2D eigenvalue weighted by Gasteiger charge is 2.31. The van der Waals surface area contributed by atoms with Gasteiger partial charge in [0.1, 0.15) is 11.6 Å². The molecule has 1 saturated carbocycles. The second-order valence-corrected chi connectivity index (χ2v) is 6.82. The third-order valence-corrected chi connectivity index (χ3v) is 5.20. The number of amides is 2. The number of halogens is 1. The maximum Gasteiger partial charge on any atom is 0.227 e. The van der Waals surface area contributed by atoms with Gasteiger partial charge in [-0.25, -0.2) is 4.39 Å². The zero-order valence-corrected chi connectivity index (χ0v) is 14.7. The fourth-order valence-electron chi connectivity index (χ4n) is 3.46. The summed E-state index contributed by atoms with van der Waals surface area (Å²) in [4.78, 5) is 28.7. The molecule has 2 amide bonds. The molecule has 1 aromatic carbocycles. The highest BCUT2D eigenvalue weighted by molar-refractivity contribution is 5.81. The van der Waals surface area contributed by atoms with Crippen molar-refractivity contribution in [3.63, 3.8) is 0 Å². The van der Waals surface area contributed by atoms with Crippen LogP contribution in [-0.4, -0.2) is 54.9 Å². The summed E-state index contributed by atoms with van der Waals surface area (Å²) in [7, 11) is 1.51. The second kappa shape index (κ2) is 7.85. The Labute approximate surface area is 147 Å². The van der Waals surface area contributed by atoms with Crippen molar-refractivity contribution < 1.29 is 18.7 Å². The quantitative estimate of drug-likeness (QED) is 0.838. The van der Waals surface area contributed by atoms with Crippen LogP contribution in [0.2, 0.25) is 0 Å². The fourth-order valence-corrected chi connectivity index (χ4v) is 3.46. The van der Waals surface area contributed by atoms with Crippen LogP contribution in [0.3, 0.4) is 0 Å². The summed E-state index contributed by atoms with van der Waals surface area (Å²) >= 11 is 0. The first-order chi connectivity index (χ1) is 12.1. The van der Waals surface area contributed by atoms with Crippen LogP contribution in [0, 0.1) is 11.7 Å². The Bertz CT molecular complexity index is 646. The van der Waals surface area contributed by atoms with Crippen molar-refractivity contribution in [2.75, 3.05) is 33.3 Å². The third-order valence-electron chi connectivity index (χ3n) is 5.20. The van der Waals surface area contributed by atoms with Gasteiger partial charge in [-0.15, -0.1) is 0 Å². The fraction of sp³-hybridized carbons (Fsp3) is 0.579. The van der Waals surface area contributed by atoms with Gasteiger partial charge >= 0.3 is 0 Å². The van der Waals surface area contributed by atoms with Crippen molar-refractivity contribution in [3.05, 3.63) is 29.6 Å². The van der Waals surface area contributed by atoms with E-state index in [4.69, 9.17) is 4.74 Å². The minimum Gasteiger partial charge on any atom is -0.496 e. The van der Waals surface area contributed by atoms with E-state index in [1.807, 2.05) is 4.90 Å². The van der Waals surface area contributed by atoms with Gasteiger partial charge in [0.25, 0.3) is 0 Å². The zero-order chi connectivity index (χ0) is 17.8. The molecule has 0 aromatic heterocycles. The molecule has 0 N–H and O–H groups in total. The summed E-state index contributed by atoms with van der Waals surface area (Å²) in [5, 5.41) is 0. The van der Waals surface area contributed by atoms with E-state index in [2.05, 4.69) is 0 Å². The molecule has 1 aromatic rings. The molecule has 1 heterocycles. The highest BCUT2D eigenvalue weighted by Crippen LogP contribution is 2.28. The number of ether oxygens (including phenoxy) is 1. The van der Waals surface area contributed by atoms with Gasteiger partial charge in [-0.2, -0.15) is 0 Å². The van der Waals surface area contributed by atoms with Crippen molar-refractivity contribution in [2.24, 2.45) is 5.92 Å². The van der Waals surface area contributed by atoms with Crippen molar-refractivity contribution in [2.45, 2.75) is 32.1 Å². The van der Waals surface area contributed by atoms with E-state index in [1.165, 1.54) is 19.2 Å². The number of hydrogen-bond donors (Lipinski definition) is 0. The monoisotopic (exact) mass is 348 g/mol. The minimum atomic E-state index is -0.378. The Balaban J connectivity index is 1.59. The Kier molecular flexibility index (Phi) is 5.56. The Morgan fingerprint density at radius 3 is 2.52 bits per heavy atom. The lowest BCUT2D eigenvalue weighted by Gasteiger charge is -2.31. The van der Waals surface area contributed by atoms with Crippen LogP contribution < -0.4 is 4.74 Å². The Hall–Kier alpha value is -2.11. The molecule has 6 heteroatoms. The second-order valence-electron chi connectivity index (χ2n) is 6.82. The molecule has 3 rings (SSSR count). The van der Waals surface area contributed by atoms with E-state index in [-0.39, 0.29) is 30.0 Å². The molecule has 5 nitrogen and oxygen atoms in total. The van der Waals surface area contributed by atoms with Gasteiger partial charge in [-0.1, -0.05) is 6.42 Å². The summed E-state index contributed by atoms with van der Waals surface area (Å²) < 4.78 is 18.7. The van der Waals surface area contributed by atoms with Gasteiger partial charge < -0.3 is 14.5 Å². The minimum absolute atomic E-state index is 0.0538. The predicted molar refractivity (Wildman–Crippen MR) is 91.8 cm³/mol. The first-order valence-corrected chi connectivity index (χ1v) is 8.97. The van der Waals surface area contributed by atoms with Crippen LogP contribution >= 0.6 is 0 Å². The van der Waals surface area contributed by atoms with E-state index >= 15 is 0 Å². The van der Waals surface area contributed by atoms with Crippen LogP contribution in [0.15, 0.2) is 18.2 Å². The number of carbonyl (C=O) groups excluding carboxylic acids is 2. The van der Waals surface area contributed by atoms with Crippen molar-refractivity contribution in [1.29, 1.82) is 0 Å². The summed E-state index contributed by atoms with van der Waals surface area (Å²) in [5.41, 5.74) is 0.555. The van der Waals surface area contributed by atoms with Gasteiger partial charge in [0.2, 0.25) is 11.8 Å². The third kappa shape index (κ3) is 4.11. The van der Waals surface area contributed by atoms with Crippen molar-refractivity contribution in [1.82, 2.24) is 9.80 Å². The Morgan fingerprint density at radius 2 is 1.84 bits per heavy atom. The summed E-state index contributed by atoms with van der Waals surface area (Å²) in [5.74, 6) is 0.524. The van der Waals surface area contributed by atoms with Crippen molar-refractivity contribution in [3.8, 4) is 5.75 Å². The molecule has 0 unspecified atom stereocenters. The average molecular weight is 348 g/mol. The number of carbonyl (C=O) groups is 2. The number of rotatable bonds is 4. The first kappa shape index (κ1) is 17.7. The number of methoxy groups -OCH3 is 1. The molecular weight excluding hydrogens is 323 g/mol. The van der Waals surface area contributed by atoms with Gasteiger partial charge in [0.05, 0.1) is 13.5 Å². The average Bonchev–Trinajstić information content (AvgIpc) is 2.79. The SMILES string of the molecule is COc1ccc(F)cc1CC(=O)N1CCCN(C(=O)C2CCC2)CC1. The largest absolute Gasteiger partial charge is 0.496 e. The molecule has 25 heavy (non-hydrogen) atoms. The van der Waals surface area contributed by atoms with Crippen LogP contribution in [-0.2, 0) is 16.0 Å². The molecule has 0 radical (unpaired) electrons. The number of hydrogen-bond acceptors (Lipinski definition) is 3. The highest BCUT2D eigenvalue weighted by atomic mass is 19.1. The van der Waals surface area contributed by atoms with E-state index in [1.54, 1.807) is 11.0 Å². The smallest absolute Gasteiger partial charge is 0.227 e. The summed E-state index contributed by atoms with van der Waals surface area (Å²) in [6.45, 7) is 2.46. The predicted octanol–water partition coefficient (Wildman–Crippen LogP) is 2.24. The molecule has 1 saturated heterocycles. The van der Waals surface area contributed by atoms with Gasteiger partial charge in [0.15, 0.2) is 0 Å². The van der Waals surface area contributed by atoms with Crippen LogP contribution in [0.4, 0.5) is 4.39 Å². The lowest BCUT2D eigenvalue weighted by atomic mass is 9.84. The van der Waals surface area contributed by atoms with E-state index in [0.717, 1.165) is 25.7 Å².